The number of hydrogen-bond acceptors (Lipinski definition) is 3. The molecule has 2 aromatic carbocycles. The average molecular weight is 285 g/mol. The Balaban J connectivity index is 2.17. The molecule has 0 aliphatic rings. The Labute approximate surface area is 126 Å². The maximum atomic E-state index is 6.02. The van der Waals surface area contributed by atoms with Gasteiger partial charge in [0.25, 0.3) is 0 Å². The number of rotatable bonds is 7. The maximum Gasteiger partial charge on any atom is 0.131 e. The van der Waals surface area contributed by atoms with Gasteiger partial charge in [0.05, 0.1) is 7.11 Å². The Morgan fingerprint density at radius 1 is 1.05 bits per heavy atom. The number of methoxy groups -OCH3 is 1. The monoisotopic (exact) mass is 285 g/mol. The van der Waals surface area contributed by atoms with Crippen molar-refractivity contribution in [3.8, 4) is 17.2 Å². The first-order chi connectivity index (χ1) is 10.2. The summed E-state index contributed by atoms with van der Waals surface area (Å²) in [4.78, 5) is 0. The van der Waals surface area contributed by atoms with Gasteiger partial charge in [-0.3, -0.25) is 0 Å². The molecule has 0 saturated carbocycles. The highest BCUT2D eigenvalue weighted by molar-refractivity contribution is 5.42. The molecule has 112 valence electrons. The van der Waals surface area contributed by atoms with Gasteiger partial charge in [0.1, 0.15) is 17.2 Å². The van der Waals surface area contributed by atoms with Crippen LogP contribution in [0.15, 0.2) is 42.5 Å². The zero-order chi connectivity index (χ0) is 15.1. The second kappa shape index (κ2) is 7.70. The van der Waals surface area contributed by atoms with E-state index in [0.717, 1.165) is 36.8 Å². The molecule has 0 fully saturated rings. The van der Waals surface area contributed by atoms with Gasteiger partial charge in [-0.15, -0.1) is 0 Å². The maximum absolute atomic E-state index is 6.02. The van der Waals surface area contributed by atoms with E-state index in [1.54, 1.807) is 7.11 Å². The summed E-state index contributed by atoms with van der Waals surface area (Å²) in [7, 11) is 1.66. The first-order valence-corrected chi connectivity index (χ1v) is 7.35. The van der Waals surface area contributed by atoms with E-state index < -0.39 is 0 Å². The van der Waals surface area contributed by atoms with E-state index in [9.17, 15) is 0 Å². The first-order valence-electron chi connectivity index (χ1n) is 7.35. The van der Waals surface area contributed by atoms with Crippen LogP contribution in [0.2, 0.25) is 0 Å². The molecular formula is C18H23NO2. The lowest BCUT2D eigenvalue weighted by Gasteiger charge is -2.13. The quantitative estimate of drug-likeness (QED) is 0.770. The number of benzene rings is 2. The number of nitrogens with one attached hydrogen (secondary N) is 1. The SMILES string of the molecule is CCCNCc1cc(C)ccc1Oc1cccc(OC)c1. The minimum absolute atomic E-state index is 0.787. The molecule has 0 amide bonds. The van der Waals surface area contributed by atoms with E-state index in [2.05, 4.69) is 31.3 Å². The van der Waals surface area contributed by atoms with Crippen molar-refractivity contribution in [3.05, 3.63) is 53.6 Å². The highest BCUT2D eigenvalue weighted by atomic mass is 16.5. The van der Waals surface area contributed by atoms with Crippen LogP contribution in [-0.2, 0) is 6.54 Å². The molecule has 3 nitrogen and oxygen atoms in total. The van der Waals surface area contributed by atoms with Crippen molar-refractivity contribution in [3.63, 3.8) is 0 Å². The normalized spacial score (nSPS) is 10.4. The highest BCUT2D eigenvalue weighted by Crippen LogP contribution is 2.28. The molecule has 0 heterocycles. The predicted molar refractivity (Wildman–Crippen MR) is 86.2 cm³/mol. The van der Waals surface area contributed by atoms with E-state index >= 15 is 0 Å². The largest absolute Gasteiger partial charge is 0.497 e. The van der Waals surface area contributed by atoms with Crippen molar-refractivity contribution >= 4 is 0 Å². The van der Waals surface area contributed by atoms with Crippen LogP contribution in [0.5, 0.6) is 17.2 Å². The predicted octanol–water partition coefficient (Wildman–Crippen LogP) is 4.30. The summed E-state index contributed by atoms with van der Waals surface area (Å²) in [5.74, 6) is 2.47. The molecule has 0 radical (unpaired) electrons. The summed E-state index contributed by atoms with van der Waals surface area (Å²) in [6.07, 6.45) is 1.12. The third-order valence-electron chi connectivity index (χ3n) is 3.23. The third kappa shape index (κ3) is 4.50. The zero-order valence-electron chi connectivity index (χ0n) is 13.0. The third-order valence-corrected chi connectivity index (χ3v) is 3.23. The summed E-state index contributed by atoms with van der Waals surface area (Å²) < 4.78 is 11.2. The Bertz CT molecular complexity index is 581. The lowest BCUT2D eigenvalue weighted by Crippen LogP contribution is -2.14. The molecule has 0 atom stereocenters. The fourth-order valence-corrected chi connectivity index (χ4v) is 2.14. The van der Waals surface area contributed by atoms with E-state index in [1.807, 2.05) is 30.3 Å². The van der Waals surface area contributed by atoms with Gasteiger partial charge in [0.2, 0.25) is 0 Å². The minimum Gasteiger partial charge on any atom is -0.497 e. The molecule has 2 rings (SSSR count). The molecule has 0 bridgehead atoms. The zero-order valence-corrected chi connectivity index (χ0v) is 13.0. The topological polar surface area (TPSA) is 30.5 Å². The molecular weight excluding hydrogens is 262 g/mol. The molecule has 0 unspecified atom stereocenters. The van der Waals surface area contributed by atoms with Gasteiger partial charge in [-0.25, -0.2) is 0 Å². The van der Waals surface area contributed by atoms with Gasteiger partial charge in [-0.1, -0.05) is 30.7 Å². The standard InChI is InChI=1S/C18H23NO2/c1-4-10-19-13-15-11-14(2)8-9-18(15)21-17-7-5-6-16(12-17)20-3/h5-9,11-12,19H,4,10,13H2,1-3H3. The fourth-order valence-electron chi connectivity index (χ4n) is 2.14. The van der Waals surface area contributed by atoms with Crippen LogP contribution < -0.4 is 14.8 Å². The second-order valence-electron chi connectivity index (χ2n) is 5.07. The molecule has 3 heteroatoms. The van der Waals surface area contributed by atoms with Gasteiger partial charge < -0.3 is 14.8 Å². The molecule has 0 aliphatic carbocycles. The van der Waals surface area contributed by atoms with Crippen molar-refractivity contribution in [2.75, 3.05) is 13.7 Å². The van der Waals surface area contributed by atoms with Gasteiger partial charge in [0.15, 0.2) is 0 Å². The second-order valence-corrected chi connectivity index (χ2v) is 5.07. The van der Waals surface area contributed by atoms with Crippen LogP contribution in [0.25, 0.3) is 0 Å². The van der Waals surface area contributed by atoms with E-state index in [-0.39, 0.29) is 0 Å². The van der Waals surface area contributed by atoms with Gasteiger partial charge in [-0.05, 0) is 38.1 Å². The molecule has 2 aromatic rings. The van der Waals surface area contributed by atoms with Crippen molar-refractivity contribution < 1.29 is 9.47 Å². The summed E-state index contributed by atoms with van der Waals surface area (Å²) in [6, 6.07) is 13.9. The molecule has 0 aliphatic heterocycles. The lowest BCUT2D eigenvalue weighted by atomic mass is 10.1. The number of ether oxygens (including phenoxy) is 2. The molecule has 21 heavy (non-hydrogen) atoms. The highest BCUT2D eigenvalue weighted by Gasteiger charge is 2.06. The summed E-state index contributed by atoms with van der Waals surface area (Å²) in [6.45, 7) is 6.08. The summed E-state index contributed by atoms with van der Waals surface area (Å²) in [5, 5.41) is 3.42. The summed E-state index contributed by atoms with van der Waals surface area (Å²) >= 11 is 0. The number of hydrogen-bond donors (Lipinski definition) is 1. The Morgan fingerprint density at radius 3 is 2.62 bits per heavy atom. The van der Waals surface area contributed by atoms with Gasteiger partial charge >= 0.3 is 0 Å². The lowest BCUT2D eigenvalue weighted by molar-refractivity contribution is 0.408. The number of aryl methyl sites for hydroxylation is 1. The minimum atomic E-state index is 0.787. The van der Waals surface area contributed by atoms with E-state index in [1.165, 1.54) is 11.1 Å². The van der Waals surface area contributed by atoms with Crippen LogP contribution in [0, 0.1) is 6.92 Å². The van der Waals surface area contributed by atoms with Crippen LogP contribution in [-0.4, -0.2) is 13.7 Å². The van der Waals surface area contributed by atoms with Crippen molar-refractivity contribution in [2.24, 2.45) is 0 Å². The van der Waals surface area contributed by atoms with Crippen molar-refractivity contribution in [2.45, 2.75) is 26.8 Å². The Hall–Kier alpha value is -2.00. The van der Waals surface area contributed by atoms with E-state index in [0.29, 0.717) is 0 Å². The first kappa shape index (κ1) is 15.4. The molecule has 0 aromatic heterocycles. The van der Waals surface area contributed by atoms with Crippen LogP contribution in [0.1, 0.15) is 24.5 Å². The summed E-state index contributed by atoms with van der Waals surface area (Å²) in [5.41, 5.74) is 2.41. The molecule has 1 N–H and O–H groups in total. The van der Waals surface area contributed by atoms with Gasteiger partial charge in [-0.2, -0.15) is 0 Å². The molecule has 0 saturated heterocycles. The van der Waals surface area contributed by atoms with Gasteiger partial charge in [0, 0.05) is 18.2 Å². The smallest absolute Gasteiger partial charge is 0.131 e. The molecule has 0 spiro atoms. The van der Waals surface area contributed by atoms with Crippen molar-refractivity contribution in [1.82, 2.24) is 5.32 Å². The Kier molecular flexibility index (Phi) is 5.64. The Morgan fingerprint density at radius 2 is 1.86 bits per heavy atom. The van der Waals surface area contributed by atoms with Crippen molar-refractivity contribution in [1.29, 1.82) is 0 Å². The van der Waals surface area contributed by atoms with Crippen LogP contribution in [0.3, 0.4) is 0 Å². The fraction of sp³-hybridized carbons (Fsp3) is 0.333. The van der Waals surface area contributed by atoms with Crippen LogP contribution >= 0.6 is 0 Å². The average Bonchev–Trinajstić information content (AvgIpc) is 2.50. The van der Waals surface area contributed by atoms with E-state index in [4.69, 9.17) is 9.47 Å². The van der Waals surface area contributed by atoms with Crippen LogP contribution in [0.4, 0.5) is 0 Å².